The average molecular weight is 425 g/mol. The summed E-state index contributed by atoms with van der Waals surface area (Å²) < 4.78 is 7.64. The third-order valence-electron chi connectivity index (χ3n) is 5.30. The predicted molar refractivity (Wildman–Crippen MR) is 115 cm³/mol. The number of carbonyl (C=O) groups is 1. The molecule has 0 fully saturated rings. The molecule has 0 aliphatic carbocycles. The zero-order valence-corrected chi connectivity index (χ0v) is 17.5. The molecule has 30 heavy (non-hydrogen) atoms. The Morgan fingerprint density at radius 3 is 2.63 bits per heavy atom. The lowest BCUT2D eigenvalue weighted by atomic mass is 9.94. The zero-order chi connectivity index (χ0) is 20.8. The zero-order valence-electron chi connectivity index (χ0n) is 16.7. The van der Waals surface area contributed by atoms with E-state index >= 15 is 0 Å². The number of ether oxygens (including phenoxy) is 1. The summed E-state index contributed by atoms with van der Waals surface area (Å²) in [7, 11) is 0. The molecule has 3 aromatic rings. The van der Waals surface area contributed by atoms with E-state index in [1.54, 1.807) is 4.68 Å². The summed E-state index contributed by atoms with van der Waals surface area (Å²) in [6.45, 7) is 1.43. The lowest BCUT2D eigenvalue weighted by Crippen LogP contribution is -2.43. The monoisotopic (exact) mass is 424 g/mol. The normalized spacial score (nSPS) is 20.1. The maximum absolute atomic E-state index is 13.2. The number of nitrogens with zero attached hydrogens (tertiary/aromatic N) is 3. The molecule has 2 bridgehead atoms. The van der Waals surface area contributed by atoms with Crippen molar-refractivity contribution in [2.45, 2.75) is 38.5 Å². The molecular weight excluding hydrogens is 400 g/mol. The molecule has 0 saturated heterocycles. The lowest BCUT2D eigenvalue weighted by molar-refractivity contribution is -0.126. The van der Waals surface area contributed by atoms with Crippen molar-refractivity contribution in [2.24, 2.45) is 5.92 Å². The van der Waals surface area contributed by atoms with Gasteiger partial charge in [-0.1, -0.05) is 59.3 Å². The van der Waals surface area contributed by atoms with Crippen LogP contribution in [-0.4, -0.2) is 33.5 Å². The summed E-state index contributed by atoms with van der Waals surface area (Å²) in [5, 5.41) is 12.3. The fourth-order valence-electron chi connectivity index (χ4n) is 3.71. The van der Waals surface area contributed by atoms with Gasteiger partial charge < -0.3 is 10.1 Å². The second-order valence-corrected chi connectivity index (χ2v) is 8.14. The van der Waals surface area contributed by atoms with E-state index in [1.807, 2.05) is 48.7 Å². The molecule has 0 radical (unpaired) electrons. The molecule has 1 N–H and O–H groups in total. The Hall–Kier alpha value is -2.70. The first-order valence-electron chi connectivity index (χ1n) is 10.2. The van der Waals surface area contributed by atoms with Gasteiger partial charge in [-0.3, -0.25) is 9.48 Å². The van der Waals surface area contributed by atoms with Crippen molar-refractivity contribution in [3.63, 3.8) is 0 Å². The van der Waals surface area contributed by atoms with Crippen molar-refractivity contribution in [3.05, 3.63) is 82.6 Å². The van der Waals surface area contributed by atoms with Crippen LogP contribution >= 0.6 is 11.6 Å². The van der Waals surface area contributed by atoms with Gasteiger partial charge in [0.2, 0.25) is 5.91 Å². The largest absolute Gasteiger partial charge is 0.373 e. The lowest BCUT2D eigenvalue weighted by Gasteiger charge is -2.23. The first-order valence-corrected chi connectivity index (χ1v) is 10.6. The smallest absolute Gasteiger partial charge is 0.223 e. The highest BCUT2D eigenvalue weighted by Crippen LogP contribution is 2.18. The average Bonchev–Trinajstić information content (AvgIpc) is 3.20. The fourth-order valence-corrected chi connectivity index (χ4v) is 3.83. The summed E-state index contributed by atoms with van der Waals surface area (Å²) in [6, 6.07) is 17.7. The van der Waals surface area contributed by atoms with Crippen LogP contribution in [0.2, 0.25) is 5.02 Å². The number of benzene rings is 2. The van der Waals surface area contributed by atoms with Gasteiger partial charge in [0, 0.05) is 17.5 Å². The molecule has 0 saturated carbocycles. The van der Waals surface area contributed by atoms with Gasteiger partial charge in [-0.25, -0.2) is 0 Å². The van der Waals surface area contributed by atoms with Gasteiger partial charge in [0.25, 0.3) is 0 Å². The molecule has 2 atom stereocenters. The van der Waals surface area contributed by atoms with Crippen LogP contribution in [0.3, 0.4) is 0 Å². The molecule has 1 aliphatic heterocycles. The van der Waals surface area contributed by atoms with Gasteiger partial charge >= 0.3 is 0 Å². The third-order valence-corrected chi connectivity index (χ3v) is 5.55. The number of nitrogens with one attached hydrogen (secondary N) is 1. The quantitative estimate of drug-likeness (QED) is 0.696. The molecule has 4 rings (SSSR count). The Labute approximate surface area is 181 Å². The van der Waals surface area contributed by atoms with E-state index in [9.17, 15) is 4.79 Å². The highest BCUT2D eigenvalue weighted by atomic mass is 35.5. The number of hydrogen-bond donors (Lipinski definition) is 1. The summed E-state index contributed by atoms with van der Waals surface area (Å²) in [5.41, 5.74) is 3.05. The summed E-state index contributed by atoms with van der Waals surface area (Å²) in [6.07, 6.45) is 3.93. The van der Waals surface area contributed by atoms with Crippen molar-refractivity contribution in [1.29, 1.82) is 0 Å². The van der Waals surface area contributed by atoms with Crippen LogP contribution in [-0.2, 0) is 35.5 Å². The Morgan fingerprint density at radius 1 is 1.07 bits per heavy atom. The van der Waals surface area contributed by atoms with Crippen LogP contribution < -0.4 is 5.32 Å². The SMILES string of the molecule is O=C1N[C@H](Cc2ccccc2)COCc2cn(nn2)CC[C@@H]1Cc1ccc(Cl)cc1. The van der Waals surface area contributed by atoms with Crippen molar-refractivity contribution in [3.8, 4) is 0 Å². The van der Waals surface area contributed by atoms with E-state index in [0.717, 1.165) is 11.3 Å². The second-order valence-electron chi connectivity index (χ2n) is 7.70. The molecule has 0 unspecified atom stereocenters. The molecule has 0 spiro atoms. The van der Waals surface area contributed by atoms with E-state index in [2.05, 4.69) is 27.8 Å². The van der Waals surface area contributed by atoms with Gasteiger partial charge in [0.15, 0.2) is 0 Å². The van der Waals surface area contributed by atoms with Gasteiger partial charge in [0.1, 0.15) is 5.69 Å². The topological polar surface area (TPSA) is 69.0 Å². The summed E-state index contributed by atoms with van der Waals surface area (Å²) >= 11 is 6.01. The Bertz CT molecular complexity index is 959. The van der Waals surface area contributed by atoms with Crippen molar-refractivity contribution in [1.82, 2.24) is 20.3 Å². The first-order chi connectivity index (χ1) is 14.7. The molecule has 156 valence electrons. The van der Waals surface area contributed by atoms with Crippen LogP contribution in [0.5, 0.6) is 0 Å². The number of hydrogen-bond acceptors (Lipinski definition) is 4. The minimum atomic E-state index is -0.184. The summed E-state index contributed by atoms with van der Waals surface area (Å²) in [4.78, 5) is 13.2. The van der Waals surface area contributed by atoms with Crippen molar-refractivity contribution in [2.75, 3.05) is 6.61 Å². The second kappa shape index (κ2) is 9.87. The molecule has 2 aromatic carbocycles. The molecular formula is C23H25ClN4O2. The van der Waals surface area contributed by atoms with E-state index < -0.39 is 0 Å². The van der Waals surface area contributed by atoms with E-state index in [-0.39, 0.29) is 17.9 Å². The first kappa shape index (κ1) is 20.6. The maximum atomic E-state index is 13.2. The minimum absolute atomic E-state index is 0.0374. The molecule has 6 nitrogen and oxygen atoms in total. The Balaban J connectivity index is 1.53. The number of aryl methyl sites for hydroxylation is 1. The summed E-state index contributed by atoms with van der Waals surface area (Å²) in [5.74, 6) is -0.146. The van der Waals surface area contributed by atoms with Gasteiger partial charge in [-0.15, -0.1) is 5.10 Å². The number of rotatable bonds is 4. The van der Waals surface area contributed by atoms with Crippen LogP contribution in [0.4, 0.5) is 0 Å². The number of carbonyl (C=O) groups excluding carboxylic acids is 1. The number of aromatic nitrogens is 3. The van der Waals surface area contributed by atoms with Crippen LogP contribution in [0, 0.1) is 5.92 Å². The Kier molecular flexibility index (Phi) is 6.77. The highest BCUT2D eigenvalue weighted by Gasteiger charge is 2.23. The maximum Gasteiger partial charge on any atom is 0.223 e. The van der Waals surface area contributed by atoms with Crippen LogP contribution in [0.15, 0.2) is 60.8 Å². The number of fused-ring (bicyclic) bond motifs is 2. The third kappa shape index (κ3) is 5.68. The van der Waals surface area contributed by atoms with Gasteiger partial charge in [0.05, 0.1) is 25.5 Å². The molecule has 7 heteroatoms. The molecule has 1 aliphatic rings. The minimum Gasteiger partial charge on any atom is -0.373 e. The van der Waals surface area contributed by atoms with Gasteiger partial charge in [-0.2, -0.15) is 0 Å². The predicted octanol–water partition coefficient (Wildman–Crippen LogP) is 3.44. The molecule has 1 amide bonds. The van der Waals surface area contributed by atoms with Crippen molar-refractivity contribution < 1.29 is 9.53 Å². The Morgan fingerprint density at radius 2 is 1.83 bits per heavy atom. The van der Waals surface area contributed by atoms with E-state index in [0.29, 0.717) is 44.0 Å². The number of halogens is 1. The number of amides is 1. The van der Waals surface area contributed by atoms with Crippen LogP contribution in [0.1, 0.15) is 23.2 Å². The molecule has 1 aromatic heterocycles. The van der Waals surface area contributed by atoms with E-state index in [4.69, 9.17) is 16.3 Å². The van der Waals surface area contributed by atoms with E-state index in [1.165, 1.54) is 5.56 Å². The van der Waals surface area contributed by atoms with Gasteiger partial charge in [-0.05, 0) is 42.5 Å². The molecule has 2 heterocycles. The standard InChI is InChI=1S/C23H25ClN4O2/c24-20-8-6-18(7-9-20)12-19-10-11-28-14-22(26-27-28)16-30-15-21(25-23(19)29)13-17-4-2-1-3-5-17/h1-9,14,19,21H,10-13,15-16H2,(H,25,29)/t19-,21-/m1/s1. The highest BCUT2D eigenvalue weighted by molar-refractivity contribution is 6.30. The van der Waals surface area contributed by atoms with Crippen molar-refractivity contribution >= 4 is 17.5 Å². The van der Waals surface area contributed by atoms with Crippen LogP contribution in [0.25, 0.3) is 0 Å². The fraction of sp³-hybridized carbons (Fsp3) is 0.348.